The monoisotopic (exact) mass is 764 g/mol. The fourth-order valence-electron chi connectivity index (χ4n) is 5.10. The molecule has 0 bridgehead atoms. The van der Waals surface area contributed by atoms with Gasteiger partial charge in [0.05, 0.1) is 18.7 Å². The number of carbonyl (C=O) groups is 2. The highest BCUT2D eigenvalue weighted by atomic mass is 32.2. The minimum Gasteiger partial charge on any atom is -0.387 e. The van der Waals surface area contributed by atoms with Gasteiger partial charge in [0, 0.05) is 35.7 Å². The Morgan fingerprint density at radius 1 is 1.12 bits per heavy atom. The van der Waals surface area contributed by atoms with Crippen molar-refractivity contribution in [1.29, 1.82) is 0 Å². The first-order valence-electron chi connectivity index (χ1n) is 14.1. The lowest BCUT2D eigenvalue weighted by Crippen LogP contribution is -2.36. The number of nitrogens with zero attached hydrogens (tertiary/aromatic N) is 2. The van der Waals surface area contributed by atoms with Crippen molar-refractivity contribution < 1.29 is 71.0 Å². The average molecular weight is 765 g/mol. The second-order valence-corrected chi connectivity index (χ2v) is 16.5. The molecule has 4 rings (SSSR count). The van der Waals surface area contributed by atoms with E-state index in [-0.39, 0.29) is 41.9 Å². The van der Waals surface area contributed by atoms with E-state index in [1.54, 1.807) is 11.8 Å². The van der Waals surface area contributed by atoms with Gasteiger partial charge in [-0.25, -0.2) is 23.3 Å². The van der Waals surface area contributed by atoms with E-state index >= 15 is 0 Å². The maximum absolute atomic E-state index is 12.5. The zero-order chi connectivity index (χ0) is 35.4. The van der Waals surface area contributed by atoms with Crippen molar-refractivity contribution in [3.05, 3.63) is 28.3 Å². The number of urea groups is 1. The predicted octanol–water partition coefficient (Wildman–Crippen LogP) is -1.36. The molecule has 4 heterocycles. The summed E-state index contributed by atoms with van der Waals surface area (Å²) in [6.07, 6.45) is -0.219. The number of ether oxygens (including phenoxy) is 1. The highest BCUT2D eigenvalue weighted by molar-refractivity contribution is 8.00. The van der Waals surface area contributed by atoms with Crippen LogP contribution in [0.15, 0.2) is 17.1 Å². The van der Waals surface area contributed by atoms with E-state index in [0.717, 1.165) is 29.4 Å². The molecule has 0 aliphatic carbocycles. The lowest BCUT2D eigenvalue weighted by molar-refractivity contribution is -0.121. The fraction of sp³-hybridized carbons (Fsp3) is 0.636. The van der Waals surface area contributed by atoms with Crippen LogP contribution in [-0.4, -0.2) is 106 Å². The molecule has 1 aromatic rings. The second-order valence-electron chi connectivity index (χ2n) is 10.8. The molecule has 0 aromatic carbocycles. The number of carbonyl (C=O) groups excluding carboxylic acids is 2. The first kappa shape index (κ1) is 38.6. The first-order chi connectivity index (χ1) is 22.3. The Kier molecular flexibility index (Phi) is 12.7. The zero-order valence-electron chi connectivity index (χ0n) is 24.7. The molecule has 270 valence electrons. The normalized spacial score (nSPS) is 29.6. The average Bonchev–Trinajstić information content (AvgIpc) is 3.59. The Bertz CT molecular complexity index is 1590. The highest BCUT2D eigenvalue weighted by Crippen LogP contribution is 2.66. The smallest absolute Gasteiger partial charge is 0.387 e. The van der Waals surface area contributed by atoms with E-state index in [2.05, 4.69) is 34.1 Å². The third-order valence-corrected chi connectivity index (χ3v) is 12.5. The maximum Gasteiger partial charge on any atom is 0.490 e. The van der Waals surface area contributed by atoms with Crippen molar-refractivity contribution in [2.45, 2.75) is 67.6 Å². The molecule has 3 amide bonds. The standard InChI is InChI=1S/C22H35N6O16P3S/c23-19-11(4-3-7-24-15(29)6-2-1-5-14-16-12(10-48-14)25-21(32)26-16)8-28(22(33)27-19)20-18(31)17(30)13(42-20)9-41-46(37,38)44-47(39,40)43-45(34,35)36/h3-4,8,12-14,16-18,20,30-31H,1-2,5-7,9-10H2,(H,24,29)(H,37,38)(H,39,40)(H2,23,27,33)(H2,25,26,32)(H2,34,35,36)/b4-3+/t12-,13-,14?,16-,17+,18+,20+/m0/s1. The van der Waals surface area contributed by atoms with Gasteiger partial charge in [0.1, 0.15) is 24.1 Å². The third kappa shape index (κ3) is 10.6. The number of unbranched alkanes of at least 4 members (excludes halogenated alkanes) is 1. The summed E-state index contributed by atoms with van der Waals surface area (Å²) in [5.74, 6) is 0.454. The number of fused-ring (bicyclic) bond motifs is 1. The van der Waals surface area contributed by atoms with Crippen LogP contribution in [0.5, 0.6) is 0 Å². The Labute approximate surface area is 275 Å². The molecule has 3 aliphatic heterocycles. The van der Waals surface area contributed by atoms with Crippen LogP contribution in [0.2, 0.25) is 0 Å². The number of aliphatic hydroxyl groups is 2. The SMILES string of the molecule is Nc1nc(=O)n([C@@H]2O[C@@H](COP(=O)(O)OP(=O)(O)OP(=O)(O)O)[C@@H](O)[C@H]2O)cc1/C=C/CNC(=O)CCCCC1SC[C@@H]2NC(=O)N[C@H]12. The number of thioether (sulfide) groups is 1. The summed E-state index contributed by atoms with van der Waals surface area (Å²) >= 11 is 1.80. The number of hydrogen-bond donors (Lipinski definition) is 10. The number of anilines is 1. The zero-order valence-corrected chi connectivity index (χ0v) is 28.2. The van der Waals surface area contributed by atoms with Gasteiger partial charge in [-0.05, 0) is 12.8 Å². The van der Waals surface area contributed by atoms with E-state index < -0.39 is 60.3 Å². The van der Waals surface area contributed by atoms with Gasteiger partial charge in [0.15, 0.2) is 6.23 Å². The number of aromatic nitrogens is 2. The van der Waals surface area contributed by atoms with Crippen LogP contribution in [0.1, 0.15) is 37.5 Å². The number of hydrogen-bond acceptors (Lipinski definition) is 15. The molecule has 0 spiro atoms. The fourth-order valence-corrected chi connectivity index (χ4v) is 9.67. The van der Waals surface area contributed by atoms with Crippen molar-refractivity contribution in [3.63, 3.8) is 0 Å². The van der Waals surface area contributed by atoms with E-state index in [1.807, 2.05) is 0 Å². The summed E-state index contributed by atoms with van der Waals surface area (Å²) in [5.41, 5.74) is 4.98. The summed E-state index contributed by atoms with van der Waals surface area (Å²) in [6.45, 7) is -0.987. The first-order valence-corrected chi connectivity index (χ1v) is 19.7. The molecular weight excluding hydrogens is 729 g/mol. The quantitative estimate of drug-likeness (QED) is 0.0528. The van der Waals surface area contributed by atoms with Gasteiger partial charge in [-0.2, -0.15) is 25.4 Å². The molecule has 3 fully saturated rings. The molecule has 48 heavy (non-hydrogen) atoms. The molecule has 3 unspecified atom stereocenters. The van der Waals surface area contributed by atoms with Crippen LogP contribution in [0.4, 0.5) is 10.6 Å². The van der Waals surface area contributed by atoms with E-state index in [0.29, 0.717) is 18.1 Å². The minimum absolute atomic E-state index is 0.0985. The van der Waals surface area contributed by atoms with Crippen molar-refractivity contribution >= 4 is 59.1 Å². The Morgan fingerprint density at radius 3 is 2.56 bits per heavy atom. The van der Waals surface area contributed by atoms with E-state index in [1.165, 1.54) is 12.2 Å². The summed E-state index contributed by atoms with van der Waals surface area (Å²) < 4.78 is 52.0. The number of nitrogens with two attached hydrogens (primary N) is 1. The lowest BCUT2D eigenvalue weighted by Gasteiger charge is -2.19. The molecule has 0 radical (unpaired) electrons. The van der Waals surface area contributed by atoms with Crippen LogP contribution in [0, 0.1) is 0 Å². The predicted molar refractivity (Wildman–Crippen MR) is 165 cm³/mol. The summed E-state index contributed by atoms with van der Waals surface area (Å²) in [4.78, 5) is 76.0. The van der Waals surface area contributed by atoms with Gasteiger partial charge in [0.2, 0.25) is 5.91 Å². The number of nitrogen functional groups attached to an aromatic ring is 1. The minimum atomic E-state index is -5.80. The Morgan fingerprint density at radius 2 is 1.85 bits per heavy atom. The Hall–Kier alpha value is -2.20. The van der Waals surface area contributed by atoms with Crippen LogP contribution < -0.4 is 27.4 Å². The van der Waals surface area contributed by atoms with Crippen molar-refractivity contribution in [3.8, 4) is 0 Å². The number of rotatable bonds is 16. The van der Waals surface area contributed by atoms with Crippen molar-refractivity contribution in [2.24, 2.45) is 0 Å². The number of nitrogens with one attached hydrogen (secondary N) is 3. The van der Waals surface area contributed by atoms with Crippen molar-refractivity contribution in [2.75, 3.05) is 24.6 Å². The highest BCUT2D eigenvalue weighted by Gasteiger charge is 2.47. The summed E-state index contributed by atoms with van der Waals surface area (Å²) in [6, 6.07) is 0.0942. The lowest BCUT2D eigenvalue weighted by atomic mass is 10.0. The van der Waals surface area contributed by atoms with Gasteiger partial charge in [-0.15, -0.1) is 0 Å². The van der Waals surface area contributed by atoms with Gasteiger partial charge in [0.25, 0.3) is 0 Å². The molecule has 1 aromatic heterocycles. The molecular formula is C22H35N6O16P3S. The van der Waals surface area contributed by atoms with E-state index in [9.17, 15) is 48.1 Å². The number of amides is 3. The summed E-state index contributed by atoms with van der Waals surface area (Å²) in [5, 5.41) is 29.7. The molecule has 26 heteroatoms. The Balaban J connectivity index is 1.25. The van der Waals surface area contributed by atoms with Crippen LogP contribution in [0.25, 0.3) is 6.08 Å². The third-order valence-electron chi connectivity index (χ3n) is 7.24. The molecule has 22 nitrogen and oxygen atoms in total. The van der Waals surface area contributed by atoms with E-state index in [4.69, 9.17) is 20.3 Å². The molecule has 3 saturated heterocycles. The van der Waals surface area contributed by atoms with Crippen molar-refractivity contribution in [1.82, 2.24) is 25.5 Å². The van der Waals surface area contributed by atoms with Gasteiger partial charge < -0.3 is 56.2 Å². The largest absolute Gasteiger partial charge is 0.490 e. The number of phosphoric ester groups is 1. The summed E-state index contributed by atoms with van der Waals surface area (Å²) in [7, 11) is -17.0. The van der Waals surface area contributed by atoms with Gasteiger partial charge >= 0.3 is 35.2 Å². The number of phosphoric acid groups is 3. The second kappa shape index (κ2) is 15.8. The van der Waals surface area contributed by atoms with Crippen LogP contribution >= 0.6 is 35.2 Å². The molecule has 11 N–H and O–H groups in total. The number of aliphatic hydroxyl groups excluding tert-OH is 2. The molecule has 0 saturated carbocycles. The van der Waals surface area contributed by atoms with Gasteiger partial charge in [-0.1, -0.05) is 18.6 Å². The maximum atomic E-state index is 12.5. The molecule has 9 atom stereocenters. The van der Waals surface area contributed by atoms with Gasteiger partial charge in [-0.3, -0.25) is 13.9 Å². The topological polar surface area (TPSA) is 341 Å². The van der Waals surface area contributed by atoms with Crippen LogP contribution in [0.3, 0.4) is 0 Å². The van der Waals surface area contributed by atoms with Crippen LogP contribution in [-0.2, 0) is 36.4 Å². The molecule has 3 aliphatic rings.